The van der Waals surface area contributed by atoms with Crippen molar-refractivity contribution in [1.82, 2.24) is 5.32 Å². The second-order valence-corrected chi connectivity index (χ2v) is 8.03. The highest BCUT2D eigenvalue weighted by Gasteiger charge is 2.16. The summed E-state index contributed by atoms with van der Waals surface area (Å²) in [4.78, 5) is 37.4. The van der Waals surface area contributed by atoms with Crippen LogP contribution in [-0.2, 0) is 16.0 Å². The van der Waals surface area contributed by atoms with E-state index in [0.717, 1.165) is 11.3 Å². The van der Waals surface area contributed by atoms with Crippen LogP contribution in [0.15, 0.2) is 72.8 Å². The Morgan fingerprint density at radius 2 is 1.46 bits per heavy atom. The lowest BCUT2D eigenvalue weighted by molar-refractivity contribution is -0.137. The normalized spacial score (nSPS) is 11.1. The third-order valence-corrected chi connectivity index (χ3v) is 5.53. The van der Waals surface area contributed by atoms with Crippen LogP contribution >= 0.6 is 0 Å². The van der Waals surface area contributed by atoms with E-state index in [4.69, 9.17) is 15.9 Å². The van der Waals surface area contributed by atoms with E-state index in [9.17, 15) is 14.4 Å². The molecule has 0 bridgehead atoms. The minimum absolute atomic E-state index is 0.0425. The molecular formula is C29H27NO5. The van der Waals surface area contributed by atoms with Crippen LogP contribution in [0.5, 0.6) is 11.5 Å². The van der Waals surface area contributed by atoms with Crippen molar-refractivity contribution >= 4 is 17.5 Å². The first-order valence-electron chi connectivity index (χ1n) is 11.2. The second kappa shape index (κ2) is 12.2. The average molecular weight is 470 g/mol. The van der Waals surface area contributed by atoms with E-state index in [0.29, 0.717) is 29.0 Å². The van der Waals surface area contributed by atoms with Gasteiger partial charge >= 0.3 is 0 Å². The summed E-state index contributed by atoms with van der Waals surface area (Å²) in [7, 11) is 1.60. The first-order chi connectivity index (χ1) is 16.9. The van der Waals surface area contributed by atoms with Gasteiger partial charge in [0.15, 0.2) is 5.78 Å². The van der Waals surface area contributed by atoms with Gasteiger partial charge in [0.25, 0.3) is 5.91 Å². The molecule has 1 unspecified atom stereocenters. The summed E-state index contributed by atoms with van der Waals surface area (Å²) < 4.78 is 10.5. The number of Topliss-reactive ketones (excluding diaryl/α,β-unsaturated/α-hetero) is 1. The van der Waals surface area contributed by atoms with Crippen LogP contribution in [0.2, 0.25) is 0 Å². The fourth-order valence-corrected chi connectivity index (χ4v) is 3.43. The standard InChI is InChI=1S/C29H27NO5/c1-4-17-35-26-15-11-24(12-16-26)28(32)23-7-5-21(6-8-23)18-27(31)29(33)30-19-20(2)22-9-13-25(34-3)14-10-22/h1,5-16,20H,17-19H2,2-3H3,(H,30,33). The van der Waals surface area contributed by atoms with Crippen LogP contribution in [0.1, 0.15) is 39.9 Å². The Balaban J connectivity index is 1.51. The minimum atomic E-state index is -0.627. The molecule has 178 valence electrons. The predicted octanol–water partition coefficient (Wildman–Crippen LogP) is 3.97. The van der Waals surface area contributed by atoms with Gasteiger partial charge in [-0.15, -0.1) is 6.42 Å². The molecular weight excluding hydrogens is 442 g/mol. The quantitative estimate of drug-likeness (QED) is 0.261. The third-order valence-electron chi connectivity index (χ3n) is 5.53. The average Bonchev–Trinajstić information content (AvgIpc) is 2.90. The number of terminal acetylenes is 1. The molecule has 0 aliphatic carbocycles. The zero-order valence-corrected chi connectivity index (χ0v) is 19.7. The number of carbonyl (C=O) groups is 3. The van der Waals surface area contributed by atoms with Gasteiger partial charge in [0.2, 0.25) is 5.78 Å². The van der Waals surface area contributed by atoms with Crippen LogP contribution in [0.3, 0.4) is 0 Å². The Morgan fingerprint density at radius 1 is 0.886 bits per heavy atom. The number of nitrogens with one attached hydrogen (secondary N) is 1. The smallest absolute Gasteiger partial charge is 0.287 e. The molecule has 6 heteroatoms. The van der Waals surface area contributed by atoms with E-state index < -0.39 is 11.7 Å². The maximum absolute atomic E-state index is 12.7. The van der Waals surface area contributed by atoms with Gasteiger partial charge < -0.3 is 14.8 Å². The number of ether oxygens (including phenoxy) is 2. The minimum Gasteiger partial charge on any atom is -0.497 e. The highest BCUT2D eigenvalue weighted by Crippen LogP contribution is 2.19. The molecule has 3 aromatic carbocycles. The molecule has 0 fully saturated rings. The van der Waals surface area contributed by atoms with E-state index >= 15 is 0 Å². The molecule has 0 aliphatic heterocycles. The number of hydrogen-bond donors (Lipinski definition) is 1. The van der Waals surface area contributed by atoms with Crippen molar-refractivity contribution in [3.8, 4) is 23.8 Å². The zero-order chi connectivity index (χ0) is 25.2. The number of methoxy groups -OCH3 is 1. The van der Waals surface area contributed by atoms with Crippen LogP contribution in [0.4, 0.5) is 0 Å². The predicted molar refractivity (Wildman–Crippen MR) is 134 cm³/mol. The molecule has 3 rings (SSSR count). The number of ketones is 2. The Kier molecular flexibility index (Phi) is 8.80. The summed E-state index contributed by atoms with van der Waals surface area (Å²) in [5.41, 5.74) is 2.68. The van der Waals surface area contributed by atoms with Crippen molar-refractivity contribution in [3.63, 3.8) is 0 Å². The first-order valence-corrected chi connectivity index (χ1v) is 11.2. The Morgan fingerprint density at radius 3 is 2.03 bits per heavy atom. The van der Waals surface area contributed by atoms with Crippen molar-refractivity contribution in [2.75, 3.05) is 20.3 Å². The van der Waals surface area contributed by atoms with Gasteiger partial charge in [-0.1, -0.05) is 49.2 Å². The van der Waals surface area contributed by atoms with Crippen LogP contribution in [0, 0.1) is 12.3 Å². The van der Waals surface area contributed by atoms with E-state index in [1.165, 1.54) is 0 Å². The summed E-state index contributed by atoms with van der Waals surface area (Å²) in [5.74, 6) is 2.46. The molecule has 0 aliphatic rings. The summed E-state index contributed by atoms with van der Waals surface area (Å²) in [6, 6.07) is 21.0. The van der Waals surface area contributed by atoms with Crippen LogP contribution in [0.25, 0.3) is 0 Å². The zero-order valence-electron chi connectivity index (χ0n) is 19.7. The van der Waals surface area contributed by atoms with E-state index in [2.05, 4.69) is 11.2 Å². The fourth-order valence-electron chi connectivity index (χ4n) is 3.43. The molecule has 0 saturated carbocycles. The summed E-state index contributed by atoms with van der Waals surface area (Å²) in [6.07, 6.45) is 5.13. The van der Waals surface area contributed by atoms with Crippen molar-refractivity contribution in [2.24, 2.45) is 0 Å². The summed E-state index contributed by atoms with van der Waals surface area (Å²) in [5, 5.41) is 2.70. The molecule has 3 aromatic rings. The van der Waals surface area contributed by atoms with Gasteiger partial charge in [-0.2, -0.15) is 0 Å². The maximum atomic E-state index is 12.7. The molecule has 0 radical (unpaired) electrons. The lowest BCUT2D eigenvalue weighted by Crippen LogP contribution is -2.34. The Labute approximate surface area is 205 Å². The summed E-state index contributed by atoms with van der Waals surface area (Å²) in [6.45, 7) is 2.48. The monoisotopic (exact) mass is 469 g/mol. The first kappa shape index (κ1) is 25.3. The number of benzene rings is 3. The highest BCUT2D eigenvalue weighted by atomic mass is 16.5. The SMILES string of the molecule is C#CCOc1ccc(C(=O)c2ccc(CC(=O)C(=O)NCC(C)c3ccc(OC)cc3)cc2)cc1. The van der Waals surface area contributed by atoms with Gasteiger partial charge in [0.05, 0.1) is 7.11 Å². The molecule has 1 atom stereocenters. The van der Waals surface area contributed by atoms with Gasteiger partial charge in [0.1, 0.15) is 18.1 Å². The van der Waals surface area contributed by atoms with E-state index in [1.54, 1.807) is 55.6 Å². The summed E-state index contributed by atoms with van der Waals surface area (Å²) >= 11 is 0. The second-order valence-electron chi connectivity index (χ2n) is 8.03. The van der Waals surface area contributed by atoms with Gasteiger partial charge in [-0.25, -0.2) is 0 Å². The topological polar surface area (TPSA) is 81.7 Å². The van der Waals surface area contributed by atoms with Gasteiger partial charge in [-0.05, 0) is 53.4 Å². The number of carbonyl (C=O) groups excluding carboxylic acids is 3. The third kappa shape index (κ3) is 7.05. The van der Waals surface area contributed by atoms with Gasteiger partial charge in [0, 0.05) is 24.1 Å². The largest absolute Gasteiger partial charge is 0.497 e. The van der Waals surface area contributed by atoms with Gasteiger partial charge in [-0.3, -0.25) is 14.4 Å². The Hall–Kier alpha value is -4.37. The molecule has 1 amide bonds. The lowest BCUT2D eigenvalue weighted by Gasteiger charge is -2.13. The van der Waals surface area contributed by atoms with E-state index in [1.807, 2.05) is 31.2 Å². The van der Waals surface area contributed by atoms with Crippen molar-refractivity contribution in [2.45, 2.75) is 19.3 Å². The maximum Gasteiger partial charge on any atom is 0.287 e. The molecule has 1 N–H and O–H groups in total. The molecule has 0 heterocycles. The van der Waals surface area contributed by atoms with Crippen molar-refractivity contribution < 1.29 is 23.9 Å². The lowest BCUT2D eigenvalue weighted by atomic mass is 10.00. The number of hydrogen-bond acceptors (Lipinski definition) is 5. The molecule has 0 spiro atoms. The molecule has 0 saturated heterocycles. The van der Waals surface area contributed by atoms with E-state index in [-0.39, 0.29) is 24.7 Å². The highest BCUT2D eigenvalue weighted by molar-refractivity contribution is 6.36. The molecule has 35 heavy (non-hydrogen) atoms. The number of amides is 1. The fraction of sp³-hybridized carbons (Fsp3) is 0.207. The van der Waals surface area contributed by atoms with Crippen LogP contribution in [-0.4, -0.2) is 37.7 Å². The molecule has 6 nitrogen and oxygen atoms in total. The van der Waals surface area contributed by atoms with Crippen molar-refractivity contribution in [3.05, 3.63) is 95.1 Å². The Bertz CT molecular complexity index is 1210. The van der Waals surface area contributed by atoms with Crippen molar-refractivity contribution in [1.29, 1.82) is 0 Å². The van der Waals surface area contributed by atoms with Crippen LogP contribution < -0.4 is 14.8 Å². The molecule has 0 aromatic heterocycles. The number of rotatable bonds is 11.